The van der Waals surface area contributed by atoms with Crippen LogP contribution in [0, 0.1) is 12.8 Å². The molecule has 0 aromatic heterocycles. The van der Waals surface area contributed by atoms with Crippen LogP contribution in [0.15, 0.2) is 27.7 Å². The van der Waals surface area contributed by atoms with Crippen LogP contribution in [0.5, 0.6) is 0 Å². The number of nitrogens with zero attached hydrogens (tertiary/aromatic N) is 1. The molecule has 0 amide bonds. The van der Waals surface area contributed by atoms with Crippen molar-refractivity contribution < 1.29 is 0 Å². The highest BCUT2D eigenvalue weighted by molar-refractivity contribution is 9.10. The summed E-state index contributed by atoms with van der Waals surface area (Å²) in [6.07, 6.45) is 0. The monoisotopic (exact) mass is 268 g/mol. The van der Waals surface area contributed by atoms with E-state index in [0.29, 0.717) is 11.8 Å². The maximum atomic E-state index is 5.93. The number of nitrogens with two attached hydrogens (primary N) is 1. The highest BCUT2D eigenvalue weighted by atomic mass is 79.9. The van der Waals surface area contributed by atoms with Gasteiger partial charge in [0.2, 0.25) is 0 Å². The van der Waals surface area contributed by atoms with Crippen LogP contribution in [0.3, 0.4) is 0 Å². The van der Waals surface area contributed by atoms with Crippen molar-refractivity contribution in [3.63, 3.8) is 0 Å². The normalized spacial score (nSPS) is 12.2. The molecule has 0 aliphatic rings. The Bertz CT molecular complexity index is 370. The molecule has 15 heavy (non-hydrogen) atoms. The molecule has 0 unspecified atom stereocenters. The van der Waals surface area contributed by atoms with E-state index in [1.165, 1.54) is 0 Å². The van der Waals surface area contributed by atoms with Crippen LogP contribution in [0.4, 0.5) is 0 Å². The Morgan fingerprint density at radius 3 is 2.67 bits per heavy atom. The maximum absolute atomic E-state index is 5.93. The standard InChI is InChI=1S/C12H17BrN2/c1-8(2)7-15-12(14)11-5-4-10(13)6-9(11)3/h4-6,8H,7H2,1-3H3,(H2,14,15). The number of hydrogen-bond donors (Lipinski definition) is 1. The third-order valence-electron chi connectivity index (χ3n) is 2.09. The lowest BCUT2D eigenvalue weighted by molar-refractivity contribution is 0.665. The minimum Gasteiger partial charge on any atom is -0.383 e. The van der Waals surface area contributed by atoms with Gasteiger partial charge in [-0.25, -0.2) is 0 Å². The summed E-state index contributed by atoms with van der Waals surface area (Å²) in [5.74, 6) is 1.17. The molecule has 0 fully saturated rings. The van der Waals surface area contributed by atoms with Crippen LogP contribution in [0.25, 0.3) is 0 Å². The van der Waals surface area contributed by atoms with Gasteiger partial charge in [-0.15, -0.1) is 0 Å². The number of aliphatic imine (C=N–C) groups is 1. The third-order valence-corrected chi connectivity index (χ3v) is 2.58. The predicted molar refractivity (Wildman–Crippen MR) is 69.3 cm³/mol. The summed E-state index contributed by atoms with van der Waals surface area (Å²) in [5.41, 5.74) is 8.10. The van der Waals surface area contributed by atoms with E-state index in [2.05, 4.69) is 34.8 Å². The van der Waals surface area contributed by atoms with E-state index >= 15 is 0 Å². The first-order valence-electron chi connectivity index (χ1n) is 5.07. The number of hydrogen-bond acceptors (Lipinski definition) is 1. The van der Waals surface area contributed by atoms with Gasteiger partial charge in [0, 0.05) is 16.6 Å². The van der Waals surface area contributed by atoms with Gasteiger partial charge in [0.1, 0.15) is 5.84 Å². The largest absolute Gasteiger partial charge is 0.383 e. The van der Waals surface area contributed by atoms with E-state index in [1.807, 2.05) is 25.1 Å². The second-order valence-electron chi connectivity index (χ2n) is 4.08. The molecule has 0 spiro atoms. The highest BCUT2D eigenvalue weighted by Crippen LogP contribution is 2.15. The summed E-state index contributed by atoms with van der Waals surface area (Å²) in [6.45, 7) is 7.08. The quantitative estimate of drug-likeness (QED) is 0.664. The highest BCUT2D eigenvalue weighted by Gasteiger charge is 2.03. The predicted octanol–water partition coefficient (Wildman–Crippen LogP) is 3.12. The minimum absolute atomic E-state index is 0.541. The van der Waals surface area contributed by atoms with E-state index in [-0.39, 0.29) is 0 Å². The lowest BCUT2D eigenvalue weighted by Gasteiger charge is -2.06. The molecule has 2 N–H and O–H groups in total. The Morgan fingerprint density at radius 2 is 2.13 bits per heavy atom. The van der Waals surface area contributed by atoms with E-state index in [9.17, 15) is 0 Å². The van der Waals surface area contributed by atoms with E-state index in [0.717, 1.165) is 22.1 Å². The number of halogens is 1. The molecule has 2 nitrogen and oxygen atoms in total. The van der Waals surface area contributed by atoms with Gasteiger partial charge in [0.25, 0.3) is 0 Å². The third kappa shape index (κ3) is 3.67. The molecule has 82 valence electrons. The van der Waals surface area contributed by atoms with E-state index in [1.54, 1.807) is 0 Å². The van der Waals surface area contributed by atoms with Crippen molar-refractivity contribution in [2.45, 2.75) is 20.8 Å². The van der Waals surface area contributed by atoms with Crippen LogP contribution in [-0.2, 0) is 0 Å². The van der Waals surface area contributed by atoms with Crippen molar-refractivity contribution in [2.75, 3.05) is 6.54 Å². The first kappa shape index (κ1) is 12.2. The molecule has 1 aromatic carbocycles. The number of benzene rings is 1. The zero-order chi connectivity index (χ0) is 11.4. The SMILES string of the molecule is Cc1cc(Br)ccc1C(N)=NCC(C)C. The van der Waals surface area contributed by atoms with E-state index in [4.69, 9.17) is 5.73 Å². The number of amidine groups is 1. The second kappa shape index (κ2) is 5.31. The summed E-state index contributed by atoms with van der Waals surface area (Å²) in [4.78, 5) is 4.36. The molecule has 0 aliphatic carbocycles. The Labute approximate surface area is 99.7 Å². The van der Waals surface area contributed by atoms with E-state index < -0.39 is 0 Å². The molecule has 0 aliphatic heterocycles. The van der Waals surface area contributed by atoms with Gasteiger partial charge < -0.3 is 5.73 Å². The Hall–Kier alpha value is -0.830. The first-order valence-corrected chi connectivity index (χ1v) is 5.86. The summed E-state index contributed by atoms with van der Waals surface area (Å²) < 4.78 is 1.07. The van der Waals surface area contributed by atoms with Crippen molar-refractivity contribution in [1.82, 2.24) is 0 Å². The second-order valence-corrected chi connectivity index (χ2v) is 4.99. The summed E-state index contributed by atoms with van der Waals surface area (Å²) in [6, 6.07) is 6.03. The maximum Gasteiger partial charge on any atom is 0.125 e. The lowest BCUT2D eigenvalue weighted by atomic mass is 10.1. The molecule has 0 radical (unpaired) electrons. The van der Waals surface area contributed by atoms with Crippen molar-refractivity contribution in [2.24, 2.45) is 16.6 Å². The number of aryl methyl sites for hydroxylation is 1. The van der Waals surface area contributed by atoms with Crippen LogP contribution >= 0.6 is 15.9 Å². The fourth-order valence-corrected chi connectivity index (χ4v) is 1.76. The zero-order valence-electron chi connectivity index (χ0n) is 9.42. The van der Waals surface area contributed by atoms with Gasteiger partial charge in [-0.2, -0.15) is 0 Å². The Morgan fingerprint density at radius 1 is 1.47 bits per heavy atom. The van der Waals surface area contributed by atoms with Crippen molar-refractivity contribution >= 4 is 21.8 Å². The molecule has 0 saturated heterocycles. The zero-order valence-corrected chi connectivity index (χ0v) is 11.0. The molecular formula is C12H17BrN2. The Kier molecular flexibility index (Phi) is 4.33. The van der Waals surface area contributed by atoms with Crippen LogP contribution < -0.4 is 5.73 Å². The van der Waals surface area contributed by atoms with Crippen LogP contribution in [0.2, 0.25) is 0 Å². The van der Waals surface area contributed by atoms with Gasteiger partial charge in [-0.1, -0.05) is 29.8 Å². The molecule has 0 heterocycles. The smallest absolute Gasteiger partial charge is 0.125 e. The van der Waals surface area contributed by atoms with Crippen molar-refractivity contribution in [3.8, 4) is 0 Å². The van der Waals surface area contributed by atoms with Gasteiger partial charge in [0.15, 0.2) is 0 Å². The molecule has 3 heteroatoms. The molecule has 1 aromatic rings. The molecule has 0 saturated carbocycles. The Balaban J connectivity index is 2.91. The average Bonchev–Trinajstić information content (AvgIpc) is 2.14. The van der Waals surface area contributed by atoms with Crippen LogP contribution in [0.1, 0.15) is 25.0 Å². The lowest BCUT2D eigenvalue weighted by Crippen LogP contribution is -2.16. The average molecular weight is 269 g/mol. The van der Waals surface area contributed by atoms with Crippen molar-refractivity contribution in [1.29, 1.82) is 0 Å². The van der Waals surface area contributed by atoms with Gasteiger partial charge >= 0.3 is 0 Å². The summed E-state index contributed by atoms with van der Waals surface area (Å²) in [5, 5.41) is 0. The van der Waals surface area contributed by atoms with Crippen molar-refractivity contribution in [3.05, 3.63) is 33.8 Å². The van der Waals surface area contributed by atoms with Gasteiger partial charge in [0.05, 0.1) is 0 Å². The minimum atomic E-state index is 0.541. The summed E-state index contributed by atoms with van der Waals surface area (Å²) in [7, 11) is 0. The van der Waals surface area contributed by atoms with Gasteiger partial charge in [-0.05, 0) is 36.6 Å². The first-order chi connectivity index (χ1) is 7.00. The molecule has 1 rings (SSSR count). The fraction of sp³-hybridized carbons (Fsp3) is 0.417. The summed E-state index contributed by atoms with van der Waals surface area (Å²) >= 11 is 3.43. The fourth-order valence-electron chi connectivity index (χ4n) is 1.28. The topological polar surface area (TPSA) is 38.4 Å². The van der Waals surface area contributed by atoms with Gasteiger partial charge in [-0.3, -0.25) is 4.99 Å². The molecule has 0 atom stereocenters. The molecular weight excluding hydrogens is 252 g/mol. The van der Waals surface area contributed by atoms with Crippen LogP contribution in [-0.4, -0.2) is 12.4 Å². The molecule has 0 bridgehead atoms. The number of rotatable bonds is 3.